The number of hydrogen-bond donors (Lipinski definition) is 1. The summed E-state index contributed by atoms with van der Waals surface area (Å²) in [4.78, 5) is 7.14. The van der Waals surface area contributed by atoms with Crippen LogP contribution in [-0.2, 0) is 11.0 Å². The maximum absolute atomic E-state index is 12.3. The summed E-state index contributed by atoms with van der Waals surface area (Å²) >= 11 is 0. The van der Waals surface area contributed by atoms with Crippen molar-refractivity contribution >= 4 is 11.0 Å². The fourth-order valence-corrected chi connectivity index (χ4v) is 1.90. The van der Waals surface area contributed by atoms with Crippen molar-refractivity contribution in [2.75, 3.05) is 0 Å². The number of aromatic nitrogens is 2. The molecule has 4 nitrogen and oxygen atoms in total. The summed E-state index contributed by atoms with van der Waals surface area (Å²) in [6.45, 7) is 7.32. The molecule has 7 heteroatoms. The molecule has 1 rings (SSSR count). The average Bonchev–Trinajstić information content (AvgIpc) is 2.27. The standard InChI is InChI=1S/C11H17F2N3OS/c1-7(16-18(17)11(2,3)4)8-5-14-10(9(12)13)15-6-8/h5-7,9,16H,1-4H3/t7-,18-/m1/s1. The van der Waals surface area contributed by atoms with Gasteiger partial charge in [-0.25, -0.2) is 27.7 Å². The smallest absolute Gasteiger partial charge is 0.242 e. The van der Waals surface area contributed by atoms with E-state index in [4.69, 9.17) is 0 Å². The van der Waals surface area contributed by atoms with Crippen molar-refractivity contribution in [1.82, 2.24) is 14.7 Å². The van der Waals surface area contributed by atoms with Crippen molar-refractivity contribution in [3.8, 4) is 0 Å². The minimum absolute atomic E-state index is 0.267. The lowest BCUT2D eigenvalue weighted by molar-refractivity contribution is 0.140. The Kier molecular flexibility index (Phi) is 4.86. The van der Waals surface area contributed by atoms with E-state index in [1.54, 1.807) is 6.92 Å². The zero-order chi connectivity index (χ0) is 13.9. The van der Waals surface area contributed by atoms with Gasteiger partial charge in [0.15, 0.2) is 5.82 Å². The van der Waals surface area contributed by atoms with Gasteiger partial charge in [-0.05, 0) is 27.7 Å². The highest BCUT2D eigenvalue weighted by atomic mass is 32.2. The van der Waals surface area contributed by atoms with Crippen molar-refractivity contribution in [1.29, 1.82) is 0 Å². The molecule has 0 unspecified atom stereocenters. The highest BCUT2D eigenvalue weighted by Gasteiger charge is 2.22. The van der Waals surface area contributed by atoms with E-state index in [-0.39, 0.29) is 6.04 Å². The van der Waals surface area contributed by atoms with Crippen LogP contribution in [0.15, 0.2) is 12.4 Å². The largest absolute Gasteiger partial charge is 0.297 e. The molecule has 18 heavy (non-hydrogen) atoms. The maximum atomic E-state index is 12.3. The van der Waals surface area contributed by atoms with E-state index in [1.165, 1.54) is 12.4 Å². The second-order valence-corrected chi connectivity index (χ2v) is 6.89. The molecule has 0 fully saturated rings. The summed E-state index contributed by atoms with van der Waals surface area (Å²) in [5.74, 6) is -0.497. The molecule has 1 heterocycles. The SMILES string of the molecule is C[C@@H](N[S@](=O)C(C)(C)C)c1cnc(C(F)F)nc1. The van der Waals surface area contributed by atoms with Gasteiger partial charge in [0.05, 0.1) is 15.7 Å². The molecule has 0 amide bonds. The van der Waals surface area contributed by atoms with E-state index in [1.807, 2.05) is 20.8 Å². The first-order chi connectivity index (χ1) is 8.21. The van der Waals surface area contributed by atoms with Gasteiger partial charge >= 0.3 is 0 Å². The predicted octanol–water partition coefficient (Wildman–Crippen LogP) is 2.53. The van der Waals surface area contributed by atoms with Crippen LogP contribution in [0.1, 0.15) is 51.6 Å². The van der Waals surface area contributed by atoms with Crippen LogP contribution in [0, 0.1) is 0 Å². The fourth-order valence-electron chi connectivity index (χ4n) is 1.09. The number of rotatable bonds is 4. The molecule has 0 aliphatic carbocycles. The van der Waals surface area contributed by atoms with Gasteiger partial charge in [-0.3, -0.25) is 0 Å². The molecule has 2 atom stereocenters. The van der Waals surface area contributed by atoms with Gasteiger partial charge in [-0.15, -0.1) is 0 Å². The summed E-state index contributed by atoms with van der Waals surface area (Å²) in [6.07, 6.45) is -0.0241. The number of hydrogen-bond acceptors (Lipinski definition) is 3. The molecule has 102 valence electrons. The minimum atomic E-state index is -2.67. The zero-order valence-corrected chi connectivity index (χ0v) is 11.6. The van der Waals surface area contributed by atoms with Gasteiger partial charge in [-0.2, -0.15) is 0 Å². The Morgan fingerprint density at radius 1 is 1.28 bits per heavy atom. The molecule has 0 aliphatic heterocycles. The van der Waals surface area contributed by atoms with Crippen molar-refractivity contribution < 1.29 is 13.0 Å². The first-order valence-electron chi connectivity index (χ1n) is 5.50. The van der Waals surface area contributed by atoms with E-state index in [2.05, 4.69) is 14.7 Å². The molecule has 0 saturated carbocycles. The van der Waals surface area contributed by atoms with Crippen LogP contribution in [0.4, 0.5) is 8.78 Å². The highest BCUT2D eigenvalue weighted by molar-refractivity contribution is 7.84. The molecule has 0 bridgehead atoms. The third-order valence-electron chi connectivity index (χ3n) is 2.23. The van der Waals surface area contributed by atoms with E-state index >= 15 is 0 Å². The van der Waals surface area contributed by atoms with Crippen LogP contribution in [-0.4, -0.2) is 18.9 Å². The molecule has 1 aromatic heterocycles. The third kappa shape index (κ3) is 4.06. The van der Waals surface area contributed by atoms with Crippen molar-refractivity contribution in [2.24, 2.45) is 0 Å². The average molecular weight is 277 g/mol. The lowest BCUT2D eigenvalue weighted by atomic mass is 10.2. The number of nitrogens with one attached hydrogen (secondary N) is 1. The van der Waals surface area contributed by atoms with Crippen LogP contribution in [0.25, 0.3) is 0 Å². The van der Waals surface area contributed by atoms with Gasteiger partial charge < -0.3 is 0 Å². The second kappa shape index (κ2) is 5.79. The summed E-state index contributed by atoms with van der Waals surface area (Å²) < 4.78 is 38.9. The van der Waals surface area contributed by atoms with Crippen LogP contribution in [0.3, 0.4) is 0 Å². The van der Waals surface area contributed by atoms with Gasteiger partial charge in [0.25, 0.3) is 6.43 Å². The molecular weight excluding hydrogens is 260 g/mol. The van der Waals surface area contributed by atoms with Crippen LogP contribution in [0.5, 0.6) is 0 Å². The van der Waals surface area contributed by atoms with Gasteiger partial charge in [-0.1, -0.05) is 0 Å². The molecule has 0 radical (unpaired) electrons. The predicted molar refractivity (Wildman–Crippen MR) is 66.4 cm³/mol. The van der Waals surface area contributed by atoms with E-state index < -0.39 is 28.0 Å². The van der Waals surface area contributed by atoms with E-state index in [0.717, 1.165) is 0 Å². The molecule has 0 aromatic carbocycles. The Bertz CT molecular complexity index is 417. The van der Waals surface area contributed by atoms with E-state index in [0.29, 0.717) is 5.56 Å². The molecule has 1 aromatic rings. The fraction of sp³-hybridized carbons (Fsp3) is 0.636. The summed E-state index contributed by atoms with van der Waals surface area (Å²) in [5, 5.41) is 0. The first-order valence-corrected chi connectivity index (χ1v) is 6.65. The van der Waals surface area contributed by atoms with Crippen molar-refractivity contribution in [3.05, 3.63) is 23.8 Å². The van der Waals surface area contributed by atoms with Gasteiger partial charge in [0.1, 0.15) is 0 Å². The summed E-state index contributed by atoms with van der Waals surface area (Å²) in [7, 11) is -1.24. The Hall–Kier alpha value is -0.950. The Labute approximate surface area is 108 Å². The first kappa shape index (κ1) is 15.1. The number of halogens is 2. The molecular formula is C11H17F2N3OS. The second-order valence-electron chi connectivity index (χ2n) is 4.90. The summed E-state index contributed by atoms with van der Waals surface area (Å²) in [5.41, 5.74) is 0.622. The quantitative estimate of drug-likeness (QED) is 0.920. The van der Waals surface area contributed by atoms with Crippen LogP contribution >= 0.6 is 0 Å². The Morgan fingerprint density at radius 2 is 1.78 bits per heavy atom. The van der Waals surface area contributed by atoms with Gasteiger partial charge in [0, 0.05) is 24.0 Å². The topological polar surface area (TPSA) is 54.9 Å². The zero-order valence-electron chi connectivity index (χ0n) is 10.8. The Balaban J connectivity index is 2.73. The van der Waals surface area contributed by atoms with Crippen LogP contribution < -0.4 is 4.72 Å². The van der Waals surface area contributed by atoms with Crippen molar-refractivity contribution in [2.45, 2.75) is 44.9 Å². The van der Waals surface area contributed by atoms with Crippen molar-refractivity contribution in [3.63, 3.8) is 0 Å². The van der Waals surface area contributed by atoms with Crippen LogP contribution in [0.2, 0.25) is 0 Å². The maximum Gasteiger partial charge on any atom is 0.297 e. The highest BCUT2D eigenvalue weighted by Crippen LogP contribution is 2.18. The number of nitrogens with zero attached hydrogens (tertiary/aromatic N) is 2. The van der Waals surface area contributed by atoms with Gasteiger partial charge in [0.2, 0.25) is 0 Å². The van der Waals surface area contributed by atoms with E-state index in [9.17, 15) is 13.0 Å². The number of alkyl halides is 2. The molecule has 0 aliphatic rings. The minimum Gasteiger partial charge on any atom is -0.242 e. The lowest BCUT2D eigenvalue weighted by Crippen LogP contribution is -2.34. The summed E-state index contributed by atoms with van der Waals surface area (Å²) in [6, 6.07) is -0.267. The third-order valence-corrected chi connectivity index (χ3v) is 3.91. The molecule has 1 N–H and O–H groups in total. The lowest BCUT2D eigenvalue weighted by Gasteiger charge is -2.21. The normalized spacial score (nSPS) is 15.7. The Morgan fingerprint density at radius 3 is 2.17 bits per heavy atom. The molecule has 0 spiro atoms. The molecule has 0 saturated heterocycles. The monoisotopic (exact) mass is 277 g/mol.